The maximum Gasteiger partial charge on any atom is 0.281 e. The molecule has 0 spiro atoms. The van der Waals surface area contributed by atoms with Crippen molar-refractivity contribution in [2.45, 2.75) is 23.3 Å². The lowest BCUT2D eigenvalue weighted by molar-refractivity contribution is -0.0976. The van der Waals surface area contributed by atoms with Crippen LogP contribution < -0.4 is 9.88 Å². The van der Waals surface area contributed by atoms with E-state index >= 15 is 0 Å². The molecular weight excluding hydrogens is 373 g/mol. The number of sulfonamides is 1. The molecule has 1 atom stereocenters. The van der Waals surface area contributed by atoms with Crippen LogP contribution in [0.5, 0.6) is 11.5 Å². The van der Waals surface area contributed by atoms with Gasteiger partial charge >= 0.3 is 0 Å². The van der Waals surface area contributed by atoms with Gasteiger partial charge < -0.3 is 9.84 Å². The molecular formula is C16H11F3N2O4S. The Morgan fingerprint density at radius 3 is 2.62 bits per heavy atom. The molecule has 0 radical (unpaired) electrons. The number of primary sulfonamides is 1. The highest BCUT2D eigenvalue weighted by molar-refractivity contribution is 7.89. The number of ether oxygens (including phenoxy) is 1. The van der Waals surface area contributed by atoms with Crippen LogP contribution in [-0.2, 0) is 16.4 Å². The van der Waals surface area contributed by atoms with Crippen LogP contribution in [0.4, 0.5) is 13.2 Å². The summed E-state index contributed by atoms with van der Waals surface area (Å²) < 4.78 is 70.1. The number of aliphatic hydroxyl groups excluding tert-OH is 1. The molecule has 1 aliphatic rings. The fraction of sp³-hybridized carbons (Fsp3) is 0.188. The normalized spacial score (nSPS) is 18.2. The van der Waals surface area contributed by atoms with Crippen molar-refractivity contribution in [3.63, 3.8) is 0 Å². The first kappa shape index (κ1) is 18.2. The molecule has 136 valence electrons. The van der Waals surface area contributed by atoms with Crippen LogP contribution in [0.3, 0.4) is 0 Å². The van der Waals surface area contributed by atoms with Crippen molar-refractivity contribution in [2.24, 2.45) is 5.14 Å². The van der Waals surface area contributed by atoms with Gasteiger partial charge in [-0.05, 0) is 24.3 Å². The number of aliphatic hydroxyl groups is 1. The summed E-state index contributed by atoms with van der Waals surface area (Å²) in [6.07, 6.45) is -3.36. The second-order valence-electron chi connectivity index (χ2n) is 5.73. The summed E-state index contributed by atoms with van der Waals surface area (Å²) in [4.78, 5) is -0.638. The van der Waals surface area contributed by atoms with E-state index < -0.39 is 44.7 Å². The van der Waals surface area contributed by atoms with E-state index in [1.54, 1.807) is 6.07 Å². The second kappa shape index (κ2) is 5.98. The van der Waals surface area contributed by atoms with Gasteiger partial charge in [0.1, 0.15) is 23.4 Å². The van der Waals surface area contributed by atoms with Gasteiger partial charge in [0.05, 0.1) is 16.5 Å². The standard InChI is InChI=1S/C16H11F3N2O4S/c17-9-3-8(7-20)4-10(5-9)25-12-1-2-13(26(21,23)24)14-11(12)6-16(18,19)15(14)22/h1-5,15,22H,6H2,(H2,21,23,24). The summed E-state index contributed by atoms with van der Waals surface area (Å²) in [5.74, 6) is -4.74. The van der Waals surface area contributed by atoms with Crippen molar-refractivity contribution in [1.82, 2.24) is 0 Å². The Kier molecular flexibility index (Phi) is 4.18. The summed E-state index contributed by atoms with van der Waals surface area (Å²) in [5, 5.41) is 23.7. The van der Waals surface area contributed by atoms with Gasteiger partial charge in [-0.25, -0.2) is 26.7 Å². The van der Waals surface area contributed by atoms with E-state index in [4.69, 9.17) is 15.1 Å². The average molecular weight is 384 g/mol. The van der Waals surface area contributed by atoms with Crippen LogP contribution in [0.25, 0.3) is 0 Å². The molecule has 0 saturated carbocycles. The quantitative estimate of drug-likeness (QED) is 0.843. The SMILES string of the molecule is N#Cc1cc(F)cc(Oc2ccc(S(N)(=O)=O)c3c2CC(F)(F)C3O)c1. The van der Waals surface area contributed by atoms with Gasteiger partial charge in [-0.1, -0.05) is 0 Å². The largest absolute Gasteiger partial charge is 0.457 e. The van der Waals surface area contributed by atoms with Crippen molar-refractivity contribution in [1.29, 1.82) is 5.26 Å². The van der Waals surface area contributed by atoms with Crippen molar-refractivity contribution in [3.8, 4) is 17.6 Å². The fourth-order valence-corrected chi connectivity index (χ4v) is 3.60. The van der Waals surface area contributed by atoms with E-state index in [2.05, 4.69) is 0 Å². The van der Waals surface area contributed by atoms with E-state index in [1.165, 1.54) is 6.07 Å². The third kappa shape index (κ3) is 3.12. The first-order valence-electron chi connectivity index (χ1n) is 7.16. The summed E-state index contributed by atoms with van der Waals surface area (Å²) in [6, 6.07) is 6.82. The lowest BCUT2D eigenvalue weighted by atomic mass is 10.1. The van der Waals surface area contributed by atoms with E-state index in [0.717, 1.165) is 24.3 Å². The van der Waals surface area contributed by atoms with Crippen molar-refractivity contribution in [2.75, 3.05) is 0 Å². The Labute approximate surface area is 146 Å². The summed E-state index contributed by atoms with van der Waals surface area (Å²) >= 11 is 0. The van der Waals surface area contributed by atoms with Crippen LogP contribution in [0, 0.1) is 17.1 Å². The summed E-state index contributed by atoms with van der Waals surface area (Å²) in [7, 11) is -4.37. The predicted octanol–water partition coefficient (Wildman–Crippen LogP) is 2.36. The summed E-state index contributed by atoms with van der Waals surface area (Å²) in [5.41, 5.74) is -0.855. The molecule has 1 aliphatic carbocycles. The number of nitrogens with two attached hydrogens (primary N) is 1. The number of hydrogen-bond donors (Lipinski definition) is 2. The Balaban J connectivity index is 2.15. The number of rotatable bonds is 3. The number of nitriles is 1. The minimum absolute atomic E-state index is 0.0526. The minimum Gasteiger partial charge on any atom is -0.457 e. The van der Waals surface area contributed by atoms with E-state index in [-0.39, 0.29) is 22.6 Å². The zero-order valence-electron chi connectivity index (χ0n) is 12.9. The number of benzene rings is 2. The maximum atomic E-state index is 14.0. The smallest absolute Gasteiger partial charge is 0.281 e. The first-order chi connectivity index (χ1) is 12.0. The predicted molar refractivity (Wildman–Crippen MR) is 82.6 cm³/mol. The average Bonchev–Trinajstić information content (AvgIpc) is 2.77. The molecule has 0 fully saturated rings. The number of halogens is 3. The van der Waals surface area contributed by atoms with Crippen molar-refractivity contribution < 1.29 is 31.4 Å². The minimum atomic E-state index is -4.37. The molecule has 0 saturated heterocycles. The summed E-state index contributed by atoms with van der Waals surface area (Å²) in [6.45, 7) is 0. The zero-order valence-corrected chi connectivity index (χ0v) is 13.7. The van der Waals surface area contributed by atoms with Crippen molar-refractivity contribution >= 4 is 10.0 Å². The molecule has 10 heteroatoms. The molecule has 0 bridgehead atoms. The first-order valence-corrected chi connectivity index (χ1v) is 8.70. The Morgan fingerprint density at radius 2 is 2.00 bits per heavy atom. The van der Waals surface area contributed by atoms with Gasteiger partial charge in [-0.15, -0.1) is 0 Å². The second-order valence-corrected chi connectivity index (χ2v) is 7.26. The van der Waals surface area contributed by atoms with Crippen molar-refractivity contribution in [3.05, 3.63) is 52.8 Å². The number of fused-ring (bicyclic) bond motifs is 1. The van der Waals surface area contributed by atoms with Gasteiger partial charge in [-0.3, -0.25) is 0 Å². The lowest BCUT2D eigenvalue weighted by Crippen LogP contribution is -2.23. The molecule has 1 unspecified atom stereocenters. The van der Waals surface area contributed by atoms with Gasteiger partial charge in [0.25, 0.3) is 5.92 Å². The highest BCUT2D eigenvalue weighted by Crippen LogP contribution is 2.49. The number of nitrogens with zero attached hydrogens (tertiary/aromatic N) is 1. The van der Waals surface area contributed by atoms with Gasteiger partial charge in [0, 0.05) is 23.6 Å². The van der Waals surface area contributed by atoms with Gasteiger partial charge in [-0.2, -0.15) is 5.26 Å². The van der Waals surface area contributed by atoms with Crippen LogP contribution in [0.15, 0.2) is 35.2 Å². The molecule has 3 rings (SSSR count). The molecule has 2 aromatic rings. The van der Waals surface area contributed by atoms with Gasteiger partial charge in [0.15, 0.2) is 0 Å². The molecule has 2 aromatic carbocycles. The molecule has 0 aromatic heterocycles. The highest BCUT2D eigenvalue weighted by atomic mass is 32.2. The number of alkyl halides is 2. The van der Waals surface area contributed by atoms with Gasteiger partial charge in [0.2, 0.25) is 10.0 Å². The molecule has 0 aliphatic heterocycles. The molecule has 26 heavy (non-hydrogen) atoms. The Morgan fingerprint density at radius 1 is 1.31 bits per heavy atom. The molecule has 3 N–H and O–H groups in total. The Bertz CT molecular complexity index is 1050. The van der Waals surface area contributed by atoms with Crippen LogP contribution >= 0.6 is 0 Å². The van der Waals surface area contributed by atoms with Crippen LogP contribution in [0.2, 0.25) is 0 Å². The fourth-order valence-electron chi connectivity index (χ4n) is 2.81. The number of hydrogen-bond acceptors (Lipinski definition) is 5. The third-order valence-electron chi connectivity index (χ3n) is 3.89. The van der Waals surface area contributed by atoms with E-state index in [1.807, 2.05) is 0 Å². The molecule has 0 amide bonds. The van der Waals surface area contributed by atoms with Crippen LogP contribution in [-0.4, -0.2) is 19.4 Å². The van der Waals surface area contributed by atoms with E-state index in [9.17, 15) is 26.7 Å². The monoisotopic (exact) mass is 384 g/mol. The third-order valence-corrected chi connectivity index (χ3v) is 4.86. The molecule has 0 heterocycles. The molecule has 6 nitrogen and oxygen atoms in total. The zero-order chi connectivity index (χ0) is 19.3. The van der Waals surface area contributed by atoms with Crippen LogP contribution in [0.1, 0.15) is 22.8 Å². The lowest BCUT2D eigenvalue weighted by Gasteiger charge is -2.15. The topological polar surface area (TPSA) is 113 Å². The van der Waals surface area contributed by atoms with E-state index in [0.29, 0.717) is 0 Å². The highest BCUT2D eigenvalue weighted by Gasteiger charge is 2.50. The maximum absolute atomic E-state index is 14.0. The Hall–Kier alpha value is -2.61.